The molecule has 91 valence electrons. The van der Waals surface area contributed by atoms with Crippen LogP contribution in [0.3, 0.4) is 0 Å². The van der Waals surface area contributed by atoms with Crippen LogP contribution in [0.4, 0.5) is 4.39 Å². The van der Waals surface area contributed by atoms with Gasteiger partial charge in [0.25, 0.3) is 0 Å². The highest BCUT2D eigenvalue weighted by atomic mass is 35.5. The maximum absolute atomic E-state index is 13.7. The molecule has 1 heterocycles. The molecular formula is C15H11ClFO. The van der Waals surface area contributed by atoms with Gasteiger partial charge in [0.2, 0.25) is 0 Å². The fourth-order valence-electron chi connectivity index (χ4n) is 2.21. The lowest BCUT2D eigenvalue weighted by atomic mass is 9.97. The molecule has 3 heteroatoms. The van der Waals surface area contributed by atoms with Crippen LogP contribution in [0.2, 0.25) is 5.02 Å². The Morgan fingerprint density at radius 1 is 1.11 bits per heavy atom. The molecule has 0 N–H and O–H groups in total. The Labute approximate surface area is 110 Å². The fourth-order valence-corrected chi connectivity index (χ4v) is 2.45. The van der Waals surface area contributed by atoms with Crippen molar-refractivity contribution < 1.29 is 9.13 Å². The highest BCUT2D eigenvalue weighted by Crippen LogP contribution is 2.40. The van der Waals surface area contributed by atoms with E-state index in [9.17, 15) is 4.39 Å². The minimum atomic E-state index is -0.255. The molecule has 0 saturated carbocycles. The van der Waals surface area contributed by atoms with E-state index in [1.165, 1.54) is 12.1 Å². The topological polar surface area (TPSA) is 9.23 Å². The monoisotopic (exact) mass is 261 g/mol. The van der Waals surface area contributed by atoms with Crippen molar-refractivity contribution in [1.82, 2.24) is 0 Å². The summed E-state index contributed by atoms with van der Waals surface area (Å²) in [5.74, 6) is 0.463. The van der Waals surface area contributed by atoms with Gasteiger partial charge in [0, 0.05) is 16.1 Å². The predicted molar refractivity (Wildman–Crippen MR) is 70.1 cm³/mol. The quantitative estimate of drug-likeness (QED) is 0.727. The Balaban J connectivity index is 2.23. The van der Waals surface area contributed by atoms with Crippen molar-refractivity contribution >= 4 is 11.6 Å². The van der Waals surface area contributed by atoms with Crippen LogP contribution in [-0.4, -0.2) is 0 Å². The number of aryl methyl sites for hydroxylation is 1. The van der Waals surface area contributed by atoms with E-state index >= 15 is 0 Å². The van der Waals surface area contributed by atoms with Crippen molar-refractivity contribution in [2.75, 3.05) is 0 Å². The lowest BCUT2D eigenvalue weighted by molar-refractivity contribution is 0.366. The van der Waals surface area contributed by atoms with Gasteiger partial charge >= 0.3 is 0 Å². The third-order valence-electron chi connectivity index (χ3n) is 3.03. The van der Waals surface area contributed by atoms with Crippen LogP contribution >= 0.6 is 11.6 Å². The van der Waals surface area contributed by atoms with E-state index in [0.29, 0.717) is 10.6 Å². The Hall–Kier alpha value is -1.54. The summed E-state index contributed by atoms with van der Waals surface area (Å²) in [5.41, 5.74) is 2.41. The van der Waals surface area contributed by atoms with E-state index in [1.54, 1.807) is 12.7 Å². The summed E-state index contributed by atoms with van der Waals surface area (Å²) < 4.78 is 19.2. The summed E-state index contributed by atoms with van der Waals surface area (Å²) in [6.07, 6.45) is 1.60. The van der Waals surface area contributed by atoms with Crippen molar-refractivity contribution in [2.45, 2.75) is 12.8 Å². The van der Waals surface area contributed by atoms with Gasteiger partial charge in [-0.05, 0) is 36.6 Å². The zero-order valence-electron chi connectivity index (χ0n) is 9.62. The van der Waals surface area contributed by atoms with Gasteiger partial charge in [-0.3, -0.25) is 0 Å². The molecule has 0 bridgehead atoms. The lowest BCUT2D eigenvalue weighted by Crippen LogP contribution is -2.05. The minimum Gasteiger partial charge on any atom is -0.486 e. The number of hydrogen-bond acceptors (Lipinski definition) is 1. The predicted octanol–water partition coefficient (Wildman–Crippen LogP) is 4.63. The van der Waals surface area contributed by atoms with Crippen molar-refractivity contribution in [2.24, 2.45) is 0 Å². The third kappa shape index (κ3) is 1.97. The minimum absolute atomic E-state index is 0.255. The molecule has 0 fully saturated rings. The molecular weight excluding hydrogens is 251 g/mol. The van der Waals surface area contributed by atoms with Gasteiger partial charge in [0.05, 0.1) is 0 Å². The fraction of sp³-hybridized carbons (Fsp3) is 0.133. The van der Waals surface area contributed by atoms with Crippen LogP contribution < -0.4 is 4.74 Å². The third-order valence-corrected chi connectivity index (χ3v) is 3.36. The maximum atomic E-state index is 13.7. The molecule has 0 amide bonds. The molecule has 0 aromatic heterocycles. The van der Waals surface area contributed by atoms with Gasteiger partial charge in [-0.15, -0.1) is 0 Å². The summed E-state index contributed by atoms with van der Waals surface area (Å²) >= 11 is 6.17. The molecule has 0 atom stereocenters. The molecule has 2 aromatic carbocycles. The first-order valence-corrected chi connectivity index (χ1v) is 6.19. The average Bonchev–Trinajstić information content (AvgIpc) is 2.38. The molecule has 1 aliphatic rings. The van der Waals surface area contributed by atoms with E-state index in [-0.39, 0.29) is 5.82 Å². The number of rotatable bonds is 1. The van der Waals surface area contributed by atoms with Crippen LogP contribution in [0.15, 0.2) is 36.4 Å². The van der Waals surface area contributed by atoms with E-state index in [4.69, 9.17) is 16.3 Å². The van der Waals surface area contributed by atoms with E-state index in [1.807, 2.05) is 18.2 Å². The highest BCUT2D eigenvalue weighted by molar-refractivity contribution is 6.33. The second-order valence-corrected chi connectivity index (χ2v) is 4.65. The van der Waals surface area contributed by atoms with Crippen molar-refractivity contribution in [1.29, 1.82) is 0 Å². The van der Waals surface area contributed by atoms with Crippen LogP contribution in [-0.2, 0) is 6.42 Å². The summed E-state index contributed by atoms with van der Waals surface area (Å²) in [4.78, 5) is 0. The van der Waals surface area contributed by atoms with Gasteiger partial charge in [0.15, 0.2) is 0 Å². The standard InChI is InChI=1S/C15H11ClFO/c16-14-6-2-1-5-12(14)13-9-11(17)8-10-4-3-7-18-15(10)13/h1-2,5-9H,3-4H2. The summed E-state index contributed by atoms with van der Waals surface area (Å²) in [5, 5.41) is 0.597. The zero-order chi connectivity index (χ0) is 12.5. The number of fused-ring (bicyclic) bond motifs is 1. The molecule has 18 heavy (non-hydrogen) atoms. The Bertz CT molecular complexity index is 595. The van der Waals surface area contributed by atoms with Crippen molar-refractivity contribution in [3.05, 3.63) is 59.4 Å². The maximum Gasteiger partial charge on any atom is 0.136 e. The Morgan fingerprint density at radius 3 is 2.78 bits per heavy atom. The molecule has 0 saturated heterocycles. The summed E-state index contributed by atoms with van der Waals surface area (Å²) in [7, 11) is 0. The molecule has 0 unspecified atom stereocenters. The highest BCUT2D eigenvalue weighted by Gasteiger charge is 2.19. The van der Waals surface area contributed by atoms with Crippen molar-refractivity contribution in [3.8, 4) is 16.9 Å². The zero-order valence-corrected chi connectivity index (χ0v) is 10.4. The molecule has 0 spiro atoms. The van der Waals surface area contributed by atoms with Gasteiger partial charge in [-0.2, -0.15) is 0 Å². The van der Waals surface area contributed by atoms with E-state index in [2.05, 4.69) is 0 Å². The largest absolute Gasteiger partial charge is 0.486 e. The number of halogens is 2. The molecule has 1 radical (unpaired) electrons. The number of ether oxygens (including phenoxy) is 1. The van der Waals surface area contributed by atoms with E-state index < -0.39 is 0 Å². The van der Waals surface area contributed by atoms with Crippen LogP contribution in [0.5, 0.6) is 5.75 Å². The van der Waals surface area contributed by atoms with Crippen LogP contribution in [0.25, 0.3) is 11.1 Å². The SMILES string of the molecule is Fc1cc2c(c(-c3ccccc3Cl)c1)O[CH]CC2. The molecule has 3 rings (SSSR count). The molecule has 2 aromatic rings. The Morgan fingerprint density at radius 2 is 1.94 bits per heavy atom. The first-order valence-electron chi connectivity index (χ1n) is 5.81. The van der Waals surface area contributed by atoms with Gasteiger partial charge < -0.3 is 4.74 Å². The first kappa shape index (κ1) is 11.5. The first-order chi connectivity index (χ1) is 8.75. The van der Waals surface area contributed by atoms with Gasteiger partial charge in [-0.25, -0.2) is 4.39 Å². The molecule has 1 aliphatic heterocycles. The molecule has 0 aliphatic carbocycles. The number of benzene rings is 2. The second-order valence-electron chi connectivity index (χ2n) is 4.24. The molecule has 1 nitrogen and oxygen atoms in total. The van der Waals surface area contributed by atoms with Crippen LogP contribution in [0.1, 0.15) is 12.0 Å². The van der Waals surface area contributed by atoms with Gasteiger partial charge in [-0.1, -0.05) is 29.8 Å². The second kappa shape index (κ2) is 4.62. The van der Waals surface area contributed by atoms with Gasteiger partial charge in [0.1, 0.15) is 18.2 Å². The average molecular weight is 262 g/mol. The van der Waals surface area contributed by atoms with Crippen molar-refractivity contribution in [3.63, 3.8) is 0 Å². The summed E-state index contributed by atoms with van der Waals surface area (Å²) in [6, 6.07) is 10.4. The van der Waals surface area contributed by atoms with E-state index in [0.717, 1.165) is 29.7 Å². The van der Waals surface area contributed by atoms with Crippen LogP contribution in [0, 0.1) is 12.4 Å². The lowest BCUT2D eigenvalue weighted by Gasteiger charge is -2.20. The normalized spacial score (nSPS) is 13.9. The Kier molecular flexibility index (Phi) is 2.96. The smallest absolute Gasteiger partial charge is 0.136 e. The summed E-state index contributed by atoms with van der Waals surface area (Å²) in [6.45, 7) is 1.75. The number of hydrogen-bond donors (Lipinski definition) is 0.